The van der Waals surface area contributed by atoms with Gasteiger partial charge in [-0.15, -0.1) is 0 Å². The lowest BCUT2D eigenvalue weighted by Crippen LogP contribution is -2.26. The molecule has 1 aromatic carbocycles. The number of amides is 1. The second-order valence-corrected chi connectivity index (χ2v) is 5.42. The molecule has 0 unspecified atom stereocenters. The van der Waals surface area contributed by atoms with Crippen LogP contribution >= 0.6 is 15.9 Å². The summed E-state index contributed by atoms with van der Waals surface area (Å²) in [6.45, 7) is 6.10. The van der Waals surface area contributed by atoms with Crippen molar-refractivity contribution in [3.05, 3.63) is 57.5 Å². The van der Waals surface area contributed by atoms with Gasteiger partial charge in [-0.05, 0) is 65.5 Å². The maximum Gasteiger partial charge on any atom is 0.287 e. The Balaban J connectivity index is 2.10. The Hall–Kier alpha value is -1.55. The third kappa shape index (κ3) is 3.26. The molecule has 1 heterocycles. The van der Waals surface area contributed by atoms with Gasteiger partial charge >= 0.3 is 0 Å². The van der Waals surface area contributed by atoms with Crippen molar-refractivity contribution in [1.29, 1.82) is 0 Å². The molecule has 0 spiro atoms. The summed E-state index contributed by atoms with van der Waals surface area (Å²) in [5.41, 5.74) is 3.55. The van der Waals surface area contributed by atoms with E-state index in [4.69, 9.17) is 4.42 Å². The third-order valence-corrected chi connectivity index (χ3v) is 3.60. The summed E-state index contributed by atoms with van der Waals surface area (Å²) in [6, 6.07) is 9.48. The second kappa shape index (κ2) is 5.61. The Morgan fingerprint density at radius 2 is 1.95 bits per heavy atom. The van der Waals surface area contributed by atoms with Crippen LogP contribution in [0.25, 0.3) is 0 Å². The summed E-state index contributed by atoms with van der Waals surface area (Å²) in [5, 5.41) is 2.92. The topological polar surface area (TPSA) is 42.2 Å². The highest BCUT2D eigenvalue weighted by Crippen LogP contribution is 2.18. The molecular weight excluding hydrogens is 306 g/mol. The van der Waals surface area contributed by atoms with Crippen LogP contribution < -0.4 is 5.32 Å². The summed E-state index contributed by atoms with van der Waals surface area (Å²) in [7, 11) is 0. The van der Waals surface area contributed by atoms with E-state index in [0.29, 0.717) is 10.4 Å². The molecule has 2 aromatic rings. The van der Waals surface area contributed by atoms with Crippen LogP contribution in [-0.4, -0.2) is 5.91 Å². The largest absolute Gasteiger partial charge is 0.444 e. The maximum absolute atomic E-state index is 12.0. The van der Waals surface area contributed by atoms with Gasteiger partial charge in [0.2, 0.25) is 0 Å². The van der Waals surface area contributed by atoms with Crippen molar-refractivity contribution >= 4 is 21.8 Å². The number of rotatable bonds is 3. The van der Waals surface area contributed by atoms with Crippen molar-refractivity contribution in [1.82, 2.24) is 5.32 Å². The lowest BCUT2D eigenvalue weighted by atomic mass is 10.0. The zero-order chi connectivity index (χ0) is 14.0. The normalized spacial score (nSPS) is 12.2. The molecule has 2 rings (SSSR count). The van der Waals surface area contributed by atoms with Crippen LogP contribution in [0.5, 0.6) is 0 Å². The van der Waals surface area contributed by atoms with Crippen LogP contribution in [0.4, 0.5) is 0 Å². The van der Waals surface area contributed by atoms with E-state index in [0.717, 1.165) is 5.56 Å². The smallest absolute Gasteiger partial charge is 0.287 e. The van der Waals surface area contributed by atoms with Crippen LogP contribution in [0.1, 0.15) is 40.2 Å². The van der Waals surface area contributed by atoms with Crippen molar-refractivity contribution in [2.24, 2.45) is 0 Å². The maximum atomic E-state index is 12.0. The number of aryl methyl sites for hydroxylation is 2. The van der Waals surface area contributed by atoms with Gasteiger partial charge in [0.1, 0.15) is 0 Å². The number of carbonyl (C=O) groups excluding carboxylic acids is 1. The molecule has 3 nitrogen and oxygen atoms in total. The minimum absolute atomic E-state index is 0.0596. The van der Waals surface area contributed by atoms with Crippen LogP contribution in [0, 0.1) is 13.8 Å². The van der Waals surface area contributed by atoms with Crippen molar-refractivity contribution in [3.8, 4) is 0 Å². The van der Waals surface area contributed by atoms with E-state index in [1.807, 2.05) is 13.0 Å². The predicted octanol–water partition coefficient (Wildman–Crippen LogP) is 4.15. The van der Waals surface area contributed by atoms with Crippen molar-refractivity contribution < 1.29 is 9.21 Å². The number of furan rings is 1. The van der Waals surface area contributed by atoms with E-state index >= 15 is 0 Å². The van der Waals surface area contributed by atoms with Gasteiger partial charge in [-0.25, -0.2) is 0 Å². The van der Waals surface area contributed by atoms with Crippen LogP contribution in [0.3, 0.4) is 0 Å². The minimum atomic E-state index is -0.212. The first kappa shape index (κ1) is 13.9. The van der Waals surface area contributed by atoms with Gasteiger partial charge in [-0.1, -0.05) is 18.2 Å². The van der Waals surface area contributed by atoms with Crippen molar-refractivity contribution in [2.75, 3.05) is 0 Å². The molecule has 1 atom stereocenters. The Labute approximate surface area is 121 Å². The fourth-order valence-corrected chi connectivity index (χ4v) is 2.13. The molecule has 0 aliphatic carbocycles. The first-order valence-electron chi connectivity index (χ1n) is 6.10. The number of hydrogen-bond donors (Lipinski definition) is 1. The van der Waals surface area contributed by atoms with Crippen LogP contribution in [-0.2, 0) is 0 Å². The molecule has 0 bridgehead atoms. The fourth-order valence-electron chi connectivity index (χ4n) is 1.82. The Morgan fingerprint density at radius 3 is 2.53 bits per heavy atom. The number of hydrogen-bond acceptors (Lipinski definition) is 2. The van der Waals surface area contributed by atoms with Gasteiger partial charge in [0.15, 0.2) is 10.4 Å². The molecule has 1 amide bonds. The monoisotopic (exact) mass is 321 g/mol. The van der Waals surface area contributed by atoms with Crippen LogP contribution in [0.15, 0.2) is 39.4 Å². The van der Waals surface area contributed by atoms with Crippen LogP contribution in [0.2, 0.25) is 0 Å². The van der Waals surface area contributed by atoms with E-state index < -0.39 is 0 Å². The molecule has 0 saturated heterocycles. The molecular formula is C15H16BrNO2. The SMILES string of the molecule is Cc1ccc([C@@H](C)NC(=O)c2ccc(Br)o2)cc1C. The van der Waals surface area contributed by atoms with Gasteiger partial charge in [0.05, 0.1) is 6.04 Å². The summed E-state index contributed by atoms with van der Waals surface area (Å²) >= 11 is 3.18. The molecule has 0 saturated carbocycles. The molecule has 1 aromatic heterocycles. The molecule has 19 heavy (non-hydrogen) atoms. The zero-order valence-corrected chi connectivity index (χ0v) is 12.7. The molecule has 0 radical (unpaired) electrons. The minimum Gasteiger partial charge on any atom is -0.444 e. The third-order valence-electron chi connectivity index (χ3n) is 3.18. The van der Waals surface area contributed by atoms with E-state index in [1.165, 1.54) is 11.1 Å². The van der Waals surface area contributed by atoms with E-state index in [-0.39, 0.29) is 11.9 Å². The molecule has 0 aliphatic heterocycles. The van der Waals surface area contributed by atoms with Crippen molar-refractivity contribution in [2.45, 2.75) is 26.8 Å². The number of halogens is 1. The first-order chi connectivity index (χ1) is 8.97. The average Bonchev–Trinajstić information content (AvgIpc) is 2.79. The summed E-state index contributed by atoms with van der Waals surface area (Å²) in [4.78, 5) is 12.0. The van der Waals surface area contributed by atoms with Gasteiger partial charge in [0.25, 0.3) is 5.91 Å². The van der Waals surface area contributed by atoms with Gasteiger partial charge in [-0.3, -0.25) is 4.79 Å². The van der Waals surface area contributed by atoms with E-state index in [9.17, 15) is 4.79 Å². The first-order valence-corrected chi connectivity index (χ1v) is 6.90. The lowest BCUT2D eigenvalue weighted by molar-refractivity contribution is 0.0910. The summed E-state index contributed by atoms with van der Waals surface area (Å²) < 4.78 is 5.78. The lowest BCUT2D eigenvalue weighted by Gasteiger charge is -2.14. The average molecular weight is 322 g/mol. The summed E-state index contributed by atoms with van der Waals surface area (Å²) in [5.74, 6) is 0.0963. The van der Waals surface area contributed by atoms with Gasteiger partial charge < -0.3 is 9.73 Å². The van der Waals surface area contributed by atoms with E-state index in [2.05, 4.69) is 47.2 Å². The predicted molar refractivity (Wildman–Crippen MR) is 78.2 cm³/mol. The highest BCUT2D eigenvalue weighted by Gasteiger charge is 2.14. The zero-order valence-electron chi connectivity index (χ0n) is 11.2. The number of nitrogens with one attached hydrogen (secondary N) is 1. The highest BCUT2D eigenvalue weighted by atomic mass is 79.9. The highest BCUT2D eigenvalue weighted by molar-refractivity contribution is 9.10. The number of benzene rings is 1. The van der Waals surface area contributed by atoms with Crippen molar-refractivity contribution in [3.63, 3.8) is 0 Å². The van der Waals surface area contributed by atoms with Gasteiger partial charge in [-0.2, -0.15) is 0 Å². The number of carbonyl (C=O) groups is 1. The standard InChI is InChI=1S/C15H16BrNO2/c1-9-4-5-12(8-10(9)2)11(3)17-15(18)13-6-7-14(16)19-13/h4-8,11H,1-3H3,(H,17,18)/t11-/m1/s1. The molecule has 0 aliphatic rings. The fraction of sp³-hybridized carbons (Fsp3) is 0.267. The quantitative estimate of drug-likeness (QED) is 0.922. The van der Waals surface area contributed by atoms with E-state index in [1.54, 1.807) is 12.1 Å². The summed E-state index contributed by atoms with van der Waals surface area (Å²) in [6.07, 6.45) is 0. The molecule has 0 fully saturated rings. The Morgan fingerprint density at radius 1 is 1.21 bits per heavy atom. The molecule has 4 heteroatoms. The molecule has 100 valence electrons. The van der Waals surface area contributed by atoms with Gasteiger partial charge in [0, 0.05) is 0 Å². The molecule has 1 N–H and O–H groups in total. The Kier molecular flexibility index (Phi) is 4.10. The Bertz CT molecular complexity index is 604. The second-order valence-electron chi connectivity index (χ2n) is 4.64.